The maximum Gasteiger partial charge on any atom is 0.126 e. The molecule has 0 spiro atoms. The van der Waals surface area contributed by atoms with Gasteiger partial charge in [0, 0.05) is 4.90 Å². The summed E-state index contributed by atoms with van der Waals surface area (Å²) < 4.78 is 13.0. The van der Waals surface area contributed by atoms with Crippen LogP contribution in [0.3, 0.4) is 0 Å². The summed E-state index contributed by atoms with van der Waals surface area (Å²) in [5, 5.41) is 3.92. The second kappa shape index (κ2) is 4.32. The molecule has 3 heteroatoms. The highest BCUT2D eigenvalue weighted by Gasteiger charge is 2.15. The first kappa shape index (κ1) is 9.99. The van der Waals surface area contributed by atoms with E-state index >= 15 is 0 Å². The van der Waals surface area contributed by atoms with Gasteiger partial charge in [0.1, 0.15) is 5.82 Å². The van der Waals surface area contributed by atoms with E-state index in [-0.39, 0.29) is 5.82 Å². The number of aryl methyl sites for hydroxylation is 1. The number of hydrogen-bond acceptors (Lipinski definition) is 2. The van der Waals surface area contributed by atoms with Crippen molar-refractivity contribution in [3.8, 4) is 0 Å². The fraction of sp³-hybridized carbons (Fsp3) is 0.455. The lowest BCUT2D eigenvalue weighted by Gasteiger charge is -2.10. The largest absolute Gasteiger partial charge is 0.305 e. The fourth-order valence-electron chi connectivity index (χ4n) is 1.61. The summed E-state index contributed by atoms with van der Waals surface area (Å²) in [4.78, 5) is 1.16. The number of hydrogen-bond donors (Lipinski definition) is 1. The van der Waals surface area contributed by atoms with E-state index in [1.807, 2.05) is 19.1 Å². The van der Waals surface area contributed by atoms with Gasteiger partial charge in [-0.05, 0) is 50.1 Å². The van der Waals surface area contributed by atoms with Crippen LogP contribution in [0.1, 0.15) is 18.4 Å². The Morgan fingerprint density at radius 2 is 2.36 bits per heavy atom. The minimum Gasteiger partial charge on any atom is -0.305 e. The molecule has 0 aliphatic carbocycles. The SMILES string of the molecule is Cc1cc(SC2CCCN2)ccc1F. The molecule has 1 heterocycles. The Balaban J connectivity index is 2.05. The molecule has 1 nitrogen and oxygen atoms in total. The van der Waals surface area contributed by atoms with Crippen molar-refractivity contribution in [2.75, 3.05) is 6.54 Å². The highest BCUT2D eigenvalue weighted by Crippen LogP contribution is 2.28. The lowest BCUT2D eigenvalue weighted by molar-refractivity contribution is 0.617. The second-order valence-corrected chi connectivity index (χ2v) is 4.89. The van der Waals surface area contributed by atoms with Gasteiger partial charge < -0.3 is 5.32 Å². The van der Waals surface area contributed by atoms with Crippen LogP contribution in [0.5, 0.6) is 0 Å². The van der Waals surface area contributed by atoms with Gasteiger partial charge in [-0.25, -0.2) is 4.39 Å². The van der Waals surface area contributed by atoms with Crippen molar-refractivity contribution >= 4 is 11.8 Å². The molecule has 1 atom stereocenters. The molecule has 1 N–H and O–H groups in total. The molecule has 0 bridgehead atoms. The summed E-state index contributed by atoms with van der Waals surface area (Å²) in [7, 11) is 0. The molecule has 2 rings (SSSR count). The minimum absolute atomic E-state index is 0.117. The van der Waals surface area contributed by atoms with Crippen LogP contribution in [0.15, 0.2) is 23.1 Å². The molecule has 76 valence electrons. The molecule has 1 aromatic carbocycles. The molecular formula is C11H14FNS. The first-order valence-electron chi connectivity index (χ1n) is 4.92. The van der Waals surface area contributed by atoms with E-state index < -0.39 is 0 Å². The van der Waals surface area contributed by atoms with Crippen LogP contribution in [0, 0.1) is 12.7 Å². The van der Waals surface area contributed by atoms with Crippen molar-refractivity contribution in [3.05, 3.63) is 29.6 Å². The number of thioether (sulfide) groups is 1. The standard InChI is InChI=1S/C11H14FNS/c1-8-7-9(4-5-10(8)12)14-11-3-2-6-13-11/h4-5,7,11,13H,2-3,6H2,1H3. The second-order valence-electron chi connectivity index (χ2n) is 3.61. The van der Waals surface area contributed by atoms with Gasteiger partial charge in [-0.15, -0.1) is 11.8 Å². The van der Waals surface area contributed by atoms with Gasteiger partial charge >= 0.3 is 0 Å². The average molecular weight is 211 g/mol. The van der Waals surface area contributed by atoms with Crippen molar-refractivity contribution in [1.82, 2.24) is 5.32 Å². The molecule has 1 aliphatic rings. The Labute approximate surface area is 88.1 Å². The highest BCUT2D eigenvalue weighted by atomic mass is 32.2. The lowest BCUT2D eigenvalue weighted by Crippen LogP contribution is -2.16. The molecule has 1 fully saturated rings. The predicted molar refractivity (Wildman–Crippen MR) is 58.0 cm³/mol. The van der Waals surface area contributed by atoms with Gasteiger partial charge in [0.25, 0.3) is 0 Å². The Morgan fingerprint density at radius 1 is 1.50 bits per heavy atom. The van der Waals surface area contributed by atoms with E-state index in [9.17, 15) is 4.39 Å². The number of rotatable bonds is 2. The van der Waals surface area contributed by atoms with E-state index in [1.54, 1.807) is 17.8 Å². The predicted octanol–water partition coefficient (Wildman–Crippen LogP) is 2.94. The van der Waals surface area contributed by atoms with Crippen molar-refractivity contribution in [2.45, 2.75) is 30.0 Å². The highest BCUT2D eigenvalue weighted by molar-refractivity contribution is 7.99. The molecule has 1 aliphatic heterocycles. The Morgan fingerprint density at radius 3 is 3.00 bits per heavy atom. The molecule has 0 saturated carbocycles. The van der Waals surface area contributed by atoms with Crippen LogP contribution >= 0.6 is 11.8 Å². The summed E-state index contributed by atoms with van der Waals surface area (Å²) in [5.74, 6) is -0.117. The van der Waals surface area contributed by atoms with E-state index in [2.05, 4.69) is 5.32 Å². The number of halogens is 1. The molecule has 1 aromatic rings. The maximum atomic E-state index is 13.0. The summed E-state index contributed by atoms with van der Waals surface area (Å²) in [6.07, 6.45) is 2.46. The molecule has 0 radical (unpaired) electrons. The summed E-state index contributed by atoms with van der Waals surface area (Å²) in [6, 6.07) is 5.32. The van der Waals surface area contributed by atoms with Gasteiger partial charge in [0.2, 0.25) is 0 Å². The first-order valence-corrected chi connectivity index (χ1v) is 5.80. The van der Waals surface area contributed by atoms with Gasteiger partial charge in [-0.1, -0.05) is 0 Å². The van der Waals surface area contributed by atoms with E-state index in [0.29, 0.717) is 5.37 Å². The molecule has 1 unspecified atom stereocenters. The van der Waals surface area contributed by atoms with Crippen LogP contribution in [0.2, 0.25) is 0 Å². The molecule has 0 amide bonds. The third-order valence-corrected chi connectivity index (χ3v) is 3.64. The summed E-state index contributed by atoms with van der Waals surface area (Å²) in [6.45, 7) is 2.92. The average Bonchev–Trinajstić information content (AvgIpc) is 2.64. The quantitative estimate of drug-likeness (QED) is 0.807. The zero-order valence-corrected chi connectivity index (χ0v) is 9.03. The third-order valence-electron chi connectivity index (χ3n) is 2.42. The fourth-order valence-corrected chi connectivity index (χ4v) is 2.81. The normalized spacial score (nSPS) is 21.4. The van der Waals surface area contributed by atoms with Crippen molar-refractivity contribution < 1.29 is 4.39 Å². The van der Waals surface area contributed by atoms with Crippen molar-refractivity contribution in [2.24, 2.45) is 0 Å². The Kier molecular flexibility index (Phi) is 3.08. The van der Waals surface area contributed by atoms with Gasteiger partial charge in [0.15, 0.2) is 0 Å². The van der Waals surface area contributed by atoms with E-state index in [0.717, 1.165) is 17.0 Å². The summed E-state index contributed by atoms with van der Waals surface area (Å²) >= 11 is 1.80. The molecule has 0 aromatic heterocycles. The van der Waals surface area contributed by atoms with E-state index in [4.69, 9.17) is 0 Å². The topological polar surface area (TPSA) is 12.0 Å². The zero-order chi connectivity index (χ0) is 9.97. The number of nitrogens with one attached hydrogen (secondary N) is 1. The van der Waals surface area contributed by atoms with Crippen molar-refractivity contribution in [3.63, 3.8) is 0 Å². The zero-order valence-electron chi connectivity index (χ0n) is 8.22. The lowest BCUT2D eigenvalue weighted by atomic mass is 10.2. The molecular weight excluding hydrogens is 197 g/mol. The Bertz CT molecular complexity index is 321. The van der Waals surface area contributed by atoms with Gasteiger partial charge in [-0.3, -0.25) is 0 Å². The van der Waals surface area contributed by atoms with Crippen LogP contribution in [0.25, 0.3) is 0 Å². The maximum absolute atomic E-state index is 13.0. The Hall–Kier alpha value is -0.540. The van der Waals surface area contributed by atoms with Crippen LogP contribution in [-0.2, 0) is 0 Å². The molecule has 1 saturated heterocycles. The van der Waals surface area contributed by atoms with Crippen LogP contribution in [0.4, 0.5) is 4.39 Å². The summed E-state index contributed by atoms with van der Waals surface area (Å²) in [5.41, 5.74) is 0.730. The minimum atomic E-state index is -0.117. The van der Waals surface area contributed by atoms with Gasteiger partial charge in [-0.2, -0.15) is 0 Å². The first-order chi connectivity index (χ1) is 6.75. The van der Waals surface area contributed by atoms with Crippen LogP contribution in [-0.4, -0.2) is 11.9 Å². The van der Waals surface area contributed by atoms with Crippen LogP contribution < -0.4 is 5.32 Å². The molecule has 14 heavy (non-hydrogen) atoms. The third kappa shape index (κ3) is 2.28. The monoisotopic (exact) mass is 211 g/mol. The smallest absolute Gasteiger partial charge is 0.126 e. The van der Waals surface area contributed by atoms with E-state index in [1.165, 1.54) is 12.8 Å². The number of benzene rings is 1. The van der Waals surface area contributed by atoms with Crippen molar-refractivity contribution in [1.29, 1.82) is 0 Å². The van der Waals surface area contributed by atoms with Gasteiger partial charge in [0.05, 0.1) is 5.37 Å².